The average Bonchev–Trinajstić information content (AvgIpc) is 3.12. The molecule has 28 heavy (non-hydrogen) atoms. The van der Waals surface area contributed by atoms with Gasteiger partial charge in [0.15, 0.2) is 15.8 Å². The Bertz CT molecular complexity index is 823. The van der Waals surface area contributed by atoms with Crippen LogP contribution in [-0.4, -0.2) is 45.3 Å². The third-order valence-corrected chi connectivity index (χ3v) is 6.84. The summed E-state index contributed by atoms with van der Waals surface area (Å²) in [6.07, 6.45) is 4.34. The summed E-state index contributed by atoms with van der Waals surface area (Å²) in [5.74, 6) is 0.932. The lowest BCUT2D eigenvalue weighted by Gasteiger charge is -2.11. The van der Waals surface area contributed by atoms with Crippen molar-refractivity contribution in [3.05, 3.63) is 52.0 Å². The molecule has 156 valence electrons. The second-order valence-electron chi connectivity index (χ2n) is 6.18. The third kappa shape index (κ3) is 9.33. The number of sulfone groups is 1. The fourth-order valence-corrected chi connectivity index (χ4v) is 4.83. The average molecular weight is 537 g/mol. The van der Waals surface area contributed by atoms with Crippen LogP contribution < -0.4 is 10.6 Å². The molecular weight excluding hydrogens is 507 g/mol. The molecule has 0 fully saturated rings. The molecule has 0 aliphatic rings. The molecule has 0 aliphatic heterocycles. The standard InChI is InChI=1S/C19H28N4O2S2.HI/c1-3-17-14-23-18(26-17)10-12-22-19(20-2)21-11-7-13-27(24,25)15-16-8-5-4-6-9-16;/h4-6,8-9,14H,3,7,10-13,15H2,1-2H3,(H2,20,21,22);1H. The zero-order valence-corrected chi connectivity index (χ0v) is 20.3. The molecular formula is C19H29IN4O2S2. The Kier molecular flexibility index (Phi) is 11.6. The molecule has 0 saturated heterocycles. The first-order chi connectivity index (χ1) is 13.0. The lowest BCUT2D eigenvalue weighted by atomic mass is 10.2. The van der Waals surface area contributed by atoms with Gasteiger partial charge >= 0.3 is 0 Å². The highest BCUT2D eigenvalue weighted by Gasteiger charge is 2.11. The number of nitrogens with one attached hydrogen (secondary N) is 2. The van der Waals surface area contributed by atoms with Crippen LogP contribution in [0.15, 0.2) is 41.5 Å². The van der Waals surface area contributed by atoms with Crippen LogP contribution in [0.3, 0.4) is 0 Å². The fourth-order valence-electron chi connectivity index (χ4n) is 2.53. The Balaban J connectivity index is 0.00000392. The van der Waals surface area contributed by atoms with Gasteiger partial charge in [-0.15, -0.1) is 35.3 Å². The van der Waals surface area contributed by atoms with Crippen molar-refractivity contribution in [1.82, 2.24) is 15.6 Å². The predicted octanol–water partition coefficient (Wildman–Crippen LogP) is 3.04. The van der Waals surface area contributed by atoms with Crippen molar-refractivity contribution >= 4 is 51.1 Å². The number of nitrogens with zero attached hydrogens (tertiary/aromatic N) is 2. The molecule has 1 aromatic carbocycles. The summed E-state index contributed by atoms with van der Waals surface area (Å²) in [5, 5.41) is 7.52. The van der Waals surface area contributed by atoms with Crippen LogP contribution in [-0.2, 0) is 28.4 Å². The SMILES string of the molecule is CCc1cnc(CCNC(=NC)NCCCS(=O)(=O)Cc2ccccc2)s1.I. The van der Waals surface area contributed by atoms with Crippen LogP contribution in [0.25, 0.3) is 0 Å². The summed E-state index contributed by atoms with van der Waals surface area (Å²) in [5.41, 5.74) is 0.830. The first-order valence-electron chi connectivity index (χ1n) is 9.15. The van der Waals surface area contributed by atoms with Crippen LogP contribution in [0.4, 0.5) is 0 Å². The lowest BCUT2D eigenvalue weighted by molar-refractivity contribution is 0.591. The van der Waals surface area contributed by atoms with Gasteiger partial charge in [-0.05, 0) is 18.4 Å². The second kappa shape index (κ2) is 13.1. The van der Waals surface area contributed by atoms with E-state index in [9.17, 15) is 8.42 Å². The van der Waals surface area contributed by atoms with E-state index in [1.54, 1.807) is 18.4 Å². The molecule has 0 bridgehead atoms. The maximum Gasteiger partial charge on any atom is 0.190 e. The number of rotatable bonds is 10. The molecule has 0 atom stereocenters. The van der Waals surface area contributed by atoms with Crippen molar-refractivity contribution in [3.63, 3.8) is 0 Å². The largest absolute Gasteiger partial charge is 0.356 e. The first-order valence-corrected chi connectivity index (χ1v) is 11.8. The number of hydrogen-bond acceptors (Lipinski definition) is 5. The molecule has 0 spiro atoms. The smallest absolute Gasteiger partial charge is 0.190 e. The summed E-state index contributed by atoms with van der Waals surface area (Å²) in [4.78, 5) is 9.86. The summed E-state index contributed by atoms with van der Waals surface area (Å²) in [6.45, 7) is 3.43. The van der Waals surface area contributed by atoms with Gasteiger partial charge < -0.3 is 10.6 Å². The number of aliphatic imine (C=N–C) groups is 1. The van der Waals surface area contributed by atoms with E-state index in [1.807, 2.05) is 36.5 Å². The van der Waals surface area contributed by atoms with Crippen LogP contribution in [0.1, 0.15) is 28.8 Å². The minimum absolute atomic E-state index is 0. The van der Waals surface area contributed by atoms with Gasteiger partial charge in [-0.1, -0.05) is 37.3 Å². The summed E-state index contributed by atoms with van der Waals surface area (Å²) in [7, 11) is -1.39. The molecule has 0 aliphatic carbocycles. The van der Waals surface area contributed by atoms with Crippen molar-refractivity contribution in [3.8, 4) is 0 Å². The molecule has 0 amide bonds. The van der Waals surface area contributed by atoms with Crippen molar-refractivity contribution in [2.45, 2.75) is 31.9 Å². The van der Waals surface area contributed by atoms with Gasteiger partial charge in [0.1, 0.15) is 0 Å². The second-order valence-corrected chi connectivity index (χ2v) is 9.56. The Labute approximate surface area is 189 Å². The van der Waals surface area contributed by atoms with E-state index in [-0.39, 0.29) is 35.5 Å². The first kappa shape index (κ1) is 24.8. The molecule has 9 heteroatoms. The van der Waals surface area contributed by atoms with Gasteiger partial charge in [-0.25, -0.2) is 13.4 Å². The number of hydrogen-bond donors (Lipinski definition) is 2. The summed E-state index contributed by atoms with van der Waals surface area (Å²) >= 11 is 1.74. The van der Waals surface area contributed by atoms with Crippen molar-refractivity contribution < 1.29 is 8.42 Å². The molecule has 2 N–H and O–H groups in total. The van der Waals surface area contributed by atoms with Crippen LogP contribution in [0, 0.1) is 0 Å². The Hall–Kier alpha value is -1.20. The van der Waals surface area contributed by atoms with Crippen molar-refractivity contribution in [2.75, 3.05) is 25.9 Å². The minimum atomic E-state index is -3.10. The normalized spacial score (nSPS) is 11.7. The summed E-state index contributed by atoms with van der Waals surface area (Å²) < 4.78 is 24.4. The van der Waals surface area contributed by atoms with E-state index in [1.165, 1.54) is 4.88 Å². The minimum Gasteiger partial charge on any atom is -0.356 e. The number of guanidine groups is 1. The van der Waals surface area contributed by atoms with Gasteiger partial charge in [0.2, 0.25) is 0 Å². The number of aryl methyl sites for hydroxylation is 1. The zero-order chi connectivity index (χ0) is 19.5. The van der Waals surface area contributed by atoms with E-state index in [0.29, 0.717) is 18.9 Å². The lowest BCUT2D eigenvalue weighted by Crippen LogP contribution is -2.39. The zero-order valence-electron chi connectivity index (χ0n) is 16.3. The molecule has 1 heterocycles. The van der Waals surface area contributed by atoms with Gasteiger partial charge in [-0.3, -0.25) is 4.99 Å². The Morgan fingerprint density at radius 1 is 1.18 bits per heavy atom. The van der Waals surface area contributed by atoms with Gasteiger partial charge in [-0.2, -0.15) is 0 Å². The highest BCUT2D eigenvalue weighted by Crippen LogP contribution is 2.13. The molecule has 2 rings (SSSR count). The van der Waals surface area contributed by atoms with E-state index < -0.39 is 9.84 Å². The highest BCUT2D eigenvalue weighted by molar-refractivity contribution is 14.0. The molecule has 0 unspecified atom stereocenters. The van der Waals surface area contributed by atoms with Crippen LogP contribution in [0.2, 0.25) is 0 Å². The van der Waals surface area contributed by atoms with Gasteiger partial charge in [0.05, 0.1) is 16.5 Å². The predicted molar refractivity (Wildman–Crippen MR) is 129 cm³/mol. The topological polar surface area (TPSA) is 83.4 Å². The quantitative estimate of drug-likeness (QED) is 0.211. The van der Waals surface area contributed by atoms with Gasteiger partial charge in [0, 0.05) is 37.6 Å². The van der Waals surface area contributed by atoms with E-state index in [4.69, 9.17) is 0 Å². The number of benzene rings is 1. The fraction of sp³-hybridized carbons (Fsp3) is 0.474. The van der Waals surface area contributed by atoms with E-state index >= 15 is 0 Å². The molecule has 6 nitrogen and oxygen atoms in total. The molecule has 0 saturated carbocycles. The van der Waals surface area contributed by atoms with Crippen molar-refractivity contribution in [1.29, 1.82) is 0 Å². The van der Waals surface area contributed by atoms with Gasteiger partial charge in [0.25, 0.3) is 0 Å². The number of thiazole rings is 1. The Morgan fingerprint density at radius 3 is 2.54 bits per heavy atom. The molecule has 0 radical (unpaired) electrons. The number of aromatic nitrogens is 1. The maximum absolute atomic E-state index is 12.2. The van der Waals surface area contributed by atoms with Crippen LogP contribution in [0.5, 0.6) is 0 Å². The molecule has 1 aromatic heterocycles. The molecule has 2 aromatic rings. The highest BCUT2D eigenvalue weighted by atomic mass is 127. The van der Waals surface area contributed by atoms with Crippen molar-refractivity contribution in [2.24, 2.45) is 4.99 Å². The summed E-state index contributed by atoms with van der Waals surface area (Å²) in [6, 6.07) is 9.28. The Morgan fingerprint density at radius 2 is 1.89 bits per heavy atom. The van der Waals surface area contributed by atoms with E-state index in [0.717, 1.165) is 30.0 Å². The van der Waals surface area contributed by atoms with Crippen LogP contribution >= 0.6 is 35.3 Å². The van der Waals surface area contributed by atoms with E-state index in [2.05, 4.69) is 27.5 Å². The number of halogens is 1. The maximum atomic E-state index is 12.2. The third-order valence-electron chi connectivity index (χ3n) is 3.96. The monoisotopic (exact) mass is 536 g/mol.